The van der Waals surface area contributed by atoms with Crippen LogP contribution in [0.1, 0.15) is 5.56 Å². The van der Waals surface area contributed by atoms with Crippen LogP contribution in [-0.4, -0.2) is 30.6 Å². The molecule has 0 atom stereocenters. The predicted molar refractivity (Wildman–Crippen MR) is 107 cm³/mol. The first-order valence-corrected chi connectivity index (χ1v) is 9.12. The molecule has 3 rings (SSSR count). The number of benzene rings is 2. The highest BCUT2D eigenvalue weighted by molar-refractivity contribution is 8.26. The number of nitrogens with one attached hydrogen (secondary N) is 1. The normalized spacial score (nSPS) is 15.0. The van der Waals surface area contributed by atoms with Crippen LogP contribution in [0.25, 0.3) is 6.08 Å². The Hall–Kier alpha value is -2.51. The molecule has 134 valence electrons. The summed E-state index contributed by atoms with van der Waals surface area (Å²) < 4.78 is 17.2. The number of carbonyl (C=O) groups is 1. The Morgan fingerprint density at radius 3 is 2.54 bits per heavy atom. The Bertz CT molecular complexity index is 837. The highest BCUT2D eigenvalue weighted by Gasteiger charge is 2.22. The number of carbonyl (C=O) groups excluding carboxylic acids is 1. The summed E-state index contributed by atoms with van der Waals surface area (Å²) in [6, 6.07) is 15.0. The van der Waals surface area contributed by atoms with E-state index in [2.05, 4.69) is 5.32 Å². The van der Waals surface area contributed by atoms with Crippen molar-refractivity contribution in [3.63, 3.8) is 0 Å². The Kier molecular flexibility index (Phi) is 6.14. The van der Waals surface area contributed by atoms with Gasteiger partial charge in [0, 0.05) is 0 Å². The minimum absolute atomic E-state index is 0.183. The van der Waals surface area contributed by atoms with Gasteiger partial charge in [-0.1, -0.05) is 48.2 Å². The zero-order valence-electron chi connectivity index (χ0n) is 14.1. The van der Waals surface area contributed by atoms with E-state index in [9.17, 15) is 4.79 Å². The van der Waals surface area contributed by atoms with Crippen molar-refractivity contribution in [1.82, 2.24) is 5.32 Å². The minimum atomic E-state index is -0.183. The first-order valence-electron chi connectivity index (χ1n) is 7.89. The Morgan fingerprint density at radius 1 is 1.08 bits per heavy atom. The summed E-state index contributed by atoms with van der Waals surface area (Å²) in [6.45, 7) is 0.811. The predicted octanol–water partition coefficient (Wildman–Crippen LogP) is 3.64. The molecule has 1 aliphatic rings. The molecule has 1 amide bonds. The average molecular weight is 387 g/mol. The summed E-state index contributed by atoms with van der Waals surface area (Å²) in [7, 11) is 1.58. The topological polar surface area (TPSA) is 56.8 Å². The molecule has 0 radical (unpaired) electrons. The zero-order valence-corrected chi connectivity index (χ0v) is 15.7. The minimum Gasteiger partial charge on any atom is -0.493 e. The molecular weight excluding hydrogens is 370 g/mol. The fourth-order valence-corrected chi connectivity index (χ4v) is 3.34. The molecule has 1 fully saturated rings. The van der Waals surface area contributed by atoms with Gasteiger partial charge < -0.3 is 19.5 Å². The van der Waals surface area contributed by atoms with E-state index < -0.39 is 0 Å². The maximum absolute atomic E-state index is 11.7. The lowest BCUT2D eigenvalue weighted by molar-refractivity contribution is -0.115. The molecule has 1 aliphatic heterocycles. The Balaban J connectivity index is 1.61. The first kappa shape index (κ1) is 18.3. The fourth-order valence-electron chi connectivity index (χ4n) is 2.29. The molecular formula is C19H17NO4S2. The standard InChI is InChI=1S/C19H17NO4S2/c1-22-16-11-13(12-17-18(21)20-19(25)26-17)7-8-15(16)24-10-9-23-14-5-3-2-4-6-14/h2-8,11-12H,9-10H2,1H3,(H,20,21,25)/b17-12+. The van der Waals surface area contributed by atoms with Gasteiger partial charge in [-0.15, -0.1) is 0 Å². The van der Waals surface area contributed by atoms with Gasteiger partial charge in [-0.3, -0.25) is 4.79 Å². The summed E-state index contributed by atoms with van der Waals surface area (Å²) in [6.07, 6.45) is 1.77. The second-order valence-electron chi connectivity index (χ2n) is 5.27. The molecule has 1 saturated heterocycles. The Labute approximate surface area is 161 Å². The molecule has 1 heterocycles. The van der Waals surface area contributed by atoms with Crippen LogP contribution < -0.4 is 19.5 Å². The molecule has 0 bridgehead atoms. The largest absolute Gasteiger partial charge is 0.493 e. The lowest BCUT2D eigenvalue weighted by Gasteiger charge is -2.12. The number of amides is 1. The van der Waals surface area contributed by atoms with Crippen LogP contribution in [0.2, 0.25) is 0 Å². The van der Waals surface area contributed by atoms with Crippen molar-refractivity contribution >= 4 is 40.3 Å². The molecule has 0 saturated carbocycles. The van der Waals surface area contributed by atoms with Gasteiger partial charge in [-0.05, 0) is 35.9 Å². The van der Waals surface area contributed by atoms with Crippen molar-refractivity contribution in [1.29, 1.82) is 0 Å². The van der Waals surface area contributed by atoms with Gasteiger partial charge in [0.15, 0.2) is 11.5 Å². The van der Waals surface area contributed by atoms with E-state index in [-0.39, 0.29) is 5.91 Å². The maximum atomic E-state index is 11.7. The number of hydrogen-bond donors (Lipinski definition) is 1. The zero-order chi connectivity index (χ0) is 18.4. The molecule has 2 aromatic rings. The molecule has 26 heavy (non-hydrogen) atoms. The molecule has 0 aliphatic carbocycles. The third-order valence-electron chi connectivity index (χ3n) is 3.48. The highest BCUT2D eigenvalue weighted by atomic mass is 32.2. The summed E-state index contributed by atoms with van der Waals surface area (Å²) in [4.78, 5) is 12.3. The number of thioether (sulfide) groups is 1. The first-order chi connectivity index (χ1) is 12.7. The molecule has 1 N–H and O–H groups in total. The van der Waals surface area contributed by atoms with Gasteiger partial charge in [-0.2, -0.15) is 0 Å². The number of hydrogen-bond acceptors (Lipinski definition) is 6. The average Bonchev–Trinajstić information content (AvgIpc) is 2.97. The van der Waals surface area contributed by atoms with Crippen LogP contribution in [0.15, 0.2) is 53.4 Å². The summed E-state index contributed by atoms with van der Waals surface area (Å²) in [5.41, 5.74) is 0.831. The molecule has 0 aromatic heterocycles. The Morgan fingerprint density at radius 2 is 1.85 bits per heavy atom. The second kappa shape index (κ2) is 8.73. The van der Waals surface area contributed by atoms with Crippen molar-refractivity contribution in [2.24, 2.45) is 0 Å². The van der Waals surface area contributed by atoms with Gasteiger partial charge in [0.2, 0.25) is 0 Å². The van der Waals surface area contributed by atoms with Gasteiger partial charge in [0.05, 0.1) is 12.0 Å². The van der Waals surface area contributed by atoms with E-state index in [0.29, 0.717) is 33.9 Å². The third kappa shape index (κ3) is 4.77. The van der Waals surface area contributed by atoms with Gasteiger partial charge >= 0.3 is 0 Å². The van der Waals surface area contributed by atoms with Crippen LogP contribution in [0.5, 0.6) is 17.2 Å². The number of rotatable bonds is 7. The second-order valence-corrected chi connectivity index (χ2v) is 6.99. The van der Waals surface area contributed by atoms with Crippen molar-refractivity contribution in [2.45, 2.75) is 0 Å². The SMILES string of the molecule is COc1cc(/C=C2/SC(=S)NC2=O)ccc1OCCOc1ccccc1. The van der Waals surface area contributed by atoms with Crippen molar-refractivity contribution in [3.05, 3.63) is 59.0 Å². The molecule has 5 nitrogen and oxygen atoms in total. The monoisotopic (exact) mass is 387 g/mol. The van der Waals surface area contributed by atoms with E-state index in [1.807, 2.05) is 48.5 Å². The molecule has 0 spiro atoms. The number of thiocarbonyl (C=S) groups is 1. The van der Waals surface area contributed by atoms with Crippen LogP contribution in [0.3, 0.4) is 0 Å². The number of ether oxygens (including phenoxy) is 3. The van der Waals surface area contributed by atoms with Crippen molar-refractivity contribution in [3.8, 4) is 17.2 Å². The summed E-state index contributed by atoms with van der Waals surface area (Å²) in [5.74, 6) is 1.82. The van der Waals surface area contributed by atoms with Gasteiger partial charge in [0.25, 0.3) is 5.91 Å². The van der Waals surface area contributed by atoms with Crippen LogP contribution in [-0.2, 0) is 4.79 Å². The quantitative estimate of drug-likeness (QED) is 0.445. The van der Waals surface area contributed by atoms with E-state index >= 15 is 0 Å². The summed E-state index contributed by atoms with van der Waals surface area (Å²) in [5, 5.41) is 2.59. The highest BCUT2D eigenvalue weighted by Crippen LogP contribution is 2.31. The van der Waals surface area contributed by atoms with Gasteiger partial charge in [-0.25, -0.2) is 0 Å². The number of para-hydroxylation sites is 1. The molecule has 2 aromatic carbocycles. The van der Waals surface area contributed by atoms with E-state index in [1.165, 1.54) is 11.8 Å². The van der Waals surface area contributed by atoms with E-state index in [4.69, 9.17) is 26.4 Å². The van der Waals surface area contributed by atoms with Crippen LogP contribution in [0.4, 0.5) is 0 Å². The molecule has 0 unspecified atom stereocenters. The van der Waals surface area contributed by atoms with Crippen LogP contribution in [0, 0.1) is 0 Å². The maximum Gasteiger partial charge on any atom is 0.263 e. The third-order valence-corrected chi connectivity index (χ3v) is 4.64. The van der Waals surface area contributed by atoms with E-state index in [1.54, 1.807) is 13.2 Å². The summed E-state index contributed by atoms with van der Waals surface area (Å²) >= 11 is 6.23. The fraction of sp³-hybridized carbons (Fsp3) is 0.158. The van der Waals surface area contributed by atoms with Crippen molar-refractivity contribution < 1.29 is 19.0 Å². The molecule has 7 heteroatoms. The lowest BCUT2D eigenvalue weighted by atomic mass is 10.2. The smallest absolute Gasteiger partial charge is 0.263 e. The lowest BCUT2D eigenvalue weighted by Crippen LogP contribution is -2.17. The van der Waals surface area contributed by atoms with Gasteiger partial charge in [0.1, 0.15) is 23.3 Å². The van der Waals surface area contributed by atoms with Crippen LogP contribution >= 0.6 is 24.0 Å². The van der Waals surface area contributed by atoms with Crippen molar-refractivity contribution in [2.75, 3.05) is 20.3 Å². The van der Waals surface area contributed by atoms with E-state index in [0.717, 1.165) is 11.3 Å². The number of methoxy groups -OCH3 is 1.